The number of hydrogen-bond acceptors (Lipinski definition) is 4. The fourth-order valence-corrected chi connectivity index (χ4v) is 3.77. The maximum absolute atomic E-state index is 5.77. The number of rotatable bonds is 5. The Morgan fingerprint density at radius 1 is 1.36 bits per heavy atom. The van der Waals surface area contributed by atoms with E-state index in [0.29, 0.717) is 12.6 Å². The normalized spacial score (nSPS) is 22.2. The highest BCUT2D eigenvalue weighted by Gasteiger charge is 2.30. The van der Waals surface area contributed by atoms with Crippen LogP contribution in [0.3, 0.4) is 0 Å². The number of nitrogens with zero attached hydrogens (tertiary/aromatic N) is 3. The van der Waals surface area contributed by atoms with E-state index in [0.717, 1.165) is 62.1 Å². The van der Waals surface area contributed by atoms with Gasteiger partial charge in [-0.2, -0.15) is 0 Å². The highest BCUT2D eigenvalue weighted by Crippen LogP contribution is 2.18. The van der Waals surface area contributed by atoms with Gasteiger partial charge in [0.25, 0.3) is 0 Å². The monoisotopic (exact) mass is 410 g/mol. The van der Waals surface area contributed by atoms with Crippen molar-refractivity contribution in [1.82, 2.24) is 15.1 Å². The number of ether oxygens (including phenoxy) is 2. The summed E-state index contributed by atoms with van der Waals surface area (Å²) in [4.78, 5) is 9.33. The van der Waals surface area contributed by atoms with Gasteiger partial charge in [-0.15, -0.1) is 0 Å². The van der Waals surface area contributed by atoms with Gasteiger partial charge in [-0.1, -0.05) is 22.0 Å². The van der Waals surface area contributed by atoms with Crippen LogP contribution in [0, 0.1) is 0 Å². The summed E-state index contributed by atoms with van der Waals surface area (Å²) in [6, 6.07) is 8.52. The largest absolute Gasteiger partial charge is 0.492 e. The number of benzene rings is 1. The maximum atomic E-state index is 5.77. The molecular weight excluding hydrogens is 384 g/mol. The van der Waals surface area contributed by atoms with Crippen LogP contribution in [0.4, 0.5) is 0 Å². The second-order valence-corrected chi connectivity index (χ2v) is 7.23. The first-order valence-corrected chi connectivity index (χ1v) is 9.71. The Morgan fingerprint density at radius 2 is 2.20 bits per heavy atom. The Balaban J connectivity index is 1.40. The lowest BCUT2D eigenvalue weighted by atomic mass is 10.2. The molecule has 0 spiro atoms. The van der Waals surface area contributed by atoms with E-state index in [2.05, 4.69) is 36.0 Å². The highest BCUT2D eigenvalue weighted by molar-refractivity contribution is 9.10. The van der Waals surface area contributed by atoms with E-state index in [-0.39, 0.29) is 0 Å². The zero-order valence-corrected chi connectivity index (χ0v) is 16.4. The average molecular weight is 411 g/mol. The van der Waals surface area contributed by atoms with Gasteiger partial charge in [-0.05, 0) is 24.6 Å². The summed E-state index contributed by atoms with van der Waals surface area (Å²) >= 11 is 3.46. The SMILES string of the molecule is CN=C(NCCOc1cccc(Br)c1)N1CCC(N2CCOCC2)C1. The molecule has 0 amide bonds. The van der Waals surface area contributed by atoms with Crippen molar-refractivity contribution in [1.29, 1.82) is 0 Å². The molecule has 0 radical (unpaired) electrons. The van der Waals surface area contributed by atoms with Crippen molar-refractivity contribution in [3.05, 3.63) is 28.7 Å². The lowest BCUT2D eigenvalue weighted by Gasteiger charge is -2.32. The summed E-state index contributed by atoms with van der Waals surface area (Å²) in [5, 5.41) is 3.42. The van der Waals surface area contributed by atoms with Crippen LogP contribution in [0.25, 0.3) is 0 Å². The van der Waals surface area contributed by atoms with Gasteiger partial charge in [0, 0.05) is 43.7 Å². The fraction of sp³-hybridized carbons (Fsp3) is 0.611. The summed E-state index contributed by atoms with van der Waals surface area (Å²) in [7, 11) is 1.85. The third-order valence-electron chi connectivity index (χ3n) is 4.69. The molecule has 2 fully saturated rings. The molecule has 2 aliphatic rings. The van der Waals surface area contributed by atoms with E-state index in [1.807, 2.05) is 31.3 Å². The molecule has 1 atom stereocenters. The number of guanidine groups is 1. The van der Waals surface area contributed by atoms with Crippen molar-refractivity contribution in [2.45, 2.75) is 12.5 Å². The number of halogens is 1. The van der Waals surface area contributed by atoms with E-state index in [9.17, 15) is 0 Å². The second-order valence-electron chi connectivity index (χ2n) is 6.32. The van der Waals surface area contributed by atoms with Crippen LogP contribution in [0.15, 0.2) is 33.7 Å². The van der Waals surface area contributed by atoms with Crippen LogP contribution in [-0.4, -0.2) is 81.4 Å². The Labute approximate surface area is 158 Å². The zero-order valence-electron chi connectivity index (χ0n) is 14.8. The van der Waals surface area contributed by atoms with Crippen molar-refractivity contribution in [2.75, 3.05) is 59.6 Å². The molecule has 1 N–H and O–H groups in total. The zero-order chi connectivity index (χ0) is 17.5. The number of morpholine rings is 1. The van der Waals surface area contributed by atoms with Crippen LogP contribution in [0.5, 0.6) is 5.75 Å². The minimum atomic E-state index is 0.607. The lowest BCUT2D eigenvalue weighted by Crippen LogP contribution is -2.47. The van der Waals surface area contributed by atoms with Crippen LogP contribution in [0.1, 0.15) is 6.42 Å². The molecule has 138 valence electrons. The van der Waals surface area contributed by atoms with Crippen LogP contribution >= 0.6 is 15.9 Å². The molecule has 3 rings (SSSR count). The Morgan fingerprint density at radius 3 is 2.96 bits per heavy atom. The Bertz CT molecular complexity index is 578. The smallest absolute Gasteiger partial charge is 0.193 e. The van der Waals surface area contributed by atoms with Gasteiger partial charge in [0.2, 0.25) is 0 Å². The molecule has 1 aromatic carbocycles. The minimum Gasteiger partial charge on any atom is -0.492 e. The molecule has 2 saturated heterocycles. The number of aliphatic imine (C=N–C) groups is 1. The molecule has 0 aliphatic carbocycles. The van der Waals surface area contributed by atoms with E-state index < -0.39 is 0 Å². The molecule has 0 saturated carbocycles. The lowest BCUT2D eigenvalue weighted by molar-refractivity contribution is 0.0195. The first-order valence-electron chi connectivity index (χ1n) is 8.92. The van der Waals surface area contributed by atoms with E-state index >= 15 is 0 Å². The van der Waals surface area contributed by atoms with E-state index in [1.54, 1.807) is 0 Å². The summed E-state index contributed by atoms with van der Waals surface area (Å²) in [6.45, 7) is 7.23. The molecule has 2 aliphatic heterocycles. The number of likely N-dealkylation sites (tertiary alicyclic amines) is 1. The van der Waals surface area contributed by atoms with Gasteiger partial charge in [0.1, 0.15) is 12.4 Å². The van der Waals surface area contributed by atoms with Crippen molar-refractivity contribution < 1.29 is 9.47 Å². The van der Waals surface area contributed by atoms with Crippen molar-refractivity contribution in [3.63, 3.8) is 0 Å². The number of hydrogen-bond donors (Lipinski definition) is 1. The summed E-state index contributed by atoms with van der Waals surface area (Å²) in [5.41, 5.74) is 0. The molecule has 6 nitrogen and oxygen atoms in total. The predicted octanol–water partition coefficient (Wildman–Crippen LogP) is 1.81. The molecule has 1 aromatic rings. The van der Waals surface area contributed by atoms with E-state index in [1.165, 1.54) is 6.42 Å². The van der Waals surface area contributed by atoms with Gasteiger partial charge in [0.15, 0.2) is 5.96 Å². The van der Waals surface area contributed by atoms with Gasteiger partial charge < -0.3 is 19.7 Å². The Kier molecular flexibility index (Phi) is 6.95. The third-order valence-corrected chi connectivity index (χ3v) is 5.18. The Hall–Kier alpha value is -1.31. The first kappa shape index (κ1) is 18.5. The molecule has 2 heterocycles. The molecule has 1 unspecified atom stereocenters. The number of nitrogens with one attached hydrogen (secondary N) is 1. The van der Waals surface area contributed by atoms with E-state index in [4.69, 9.17) is 9.47 Å². The average Bonchev–Trinajstić information content (AvgIpc) is 3.12. The van der Waals surface area contributed by atoms with Crippen molar-refractivity contribution in [3.8, 4) is 5.75 Å². The maximum Gasteiger partial charge on any atom is 0.193 e. The molecule has 0 bridgehead atoms. The summed E-state index contributed by atoms with van der Waals surface area (Å²) in [6.07, 6.45) is 1.19. The second kappa shape index (κ2) is 9.40. The van der Waals surface area contributed by atoms with Crippen molar-refractivity contribution in [2.24, 2.45) is 4.99 Å². The molecule has 0 aromatic heterocycles. The van der Waals surface area contributed by atoms with Gasteiger partial charge in [0.05, 0.1) is 19.8 Å². The van der Waals surface area contributed by atoms with Crippen LogP contribution in [-0.2, 0) is 4.74 Å². The molecule has 7 heteroatoms. The minimum absolute atomic E-state index is 0.607. The van der Waals surface area contributed by atoms with Gasteiger partial charge >= 0.3 is 0 Å². The first-order chi connectivity index (χ1) is 12.3. The standard InChI is InChI=1S/C18H27BrN4O2/c1-20-18(21-6-10-25-17-4-2-3-15(19)13-17)23-7-5-16(14-23)22-8-11-24-12-9-22/h2-4,13,16H,5-12,14H2,1H3,(H,20,21). The van der Waals surface area contributed by atoms with Crippen LogP contribution < -0.4 is 10.1 Å². The summed E-state index contributed by atoms with van der Waals surface area (Å²) in [5.74, 6) is 1.84. The van der Waals surface area contributed by atoms with Gasteiger partial charge in [-0.25, -0.2) is 0 Å². The van der Waals surface area contributed by atoms with Gasteiger partial charge in [-0.3, -0.25) is 9.89 Å². The van der Waals surface area contributed by atoms with Crippen molar-refractivity contribution >= 4 is 21.9 Å². The fourth-order valence-electron chi connectivity index (χ4n) is 3.40. The molecule has 25 heavy (non-hydrogen) atoms. The predicted molar refractivity (Wildman–Crippen MR) is 103 cm³/mol. The van der Waals surface area contributed by atoms with Crippen LogP contribution in [0.2, 0.25) is 0 Å². The third kappa shape index (κ3) is 5.33. The molecular formula is C18H27BrN4O2. The summed E-state index contributed by atoms with van der Waals surface area (Å²) < 4.78 is 12.3. The quantitative estimate of drug-likeness (QED) is 0.455. The highest BCUT2D eigenvalue weighted by atomic mass is 79.9. The topological polar surface area (TPSA) is 49.3 Å².